The van der Waals surface area contributed by atoms with E-state index in [4.69, 9.17) is 4.84 Å². The lowest BCUT2D eigenvalue weighted by Gasteiger charge is -2.05. The zero-order valence-electron chi connectivity index (χ0n) is 10.9. The molecule has 5 nitrogen and oxygen atoms in total. The summed E-state index contributed by atoms with van der Waals surface area (Å²) in [5.74, 6) is -1.55. The Bertz CT molecular complexity index is 615. The van der Waals surface area contributed by atoms with Gasteiger partial charge in [-0.1, -0.05) is 25.1 Å². The zero-order chi connectivity index (χ0) is 13.8. The number of fused-ring (bicyclic) bond motifs is 1. The van der Waals surface area contributed by atoms with Gasteiger partial charge in [-0.2, -0.15) is 4.73 Å². The molecule has 0 aliphatic rings. The number of rotatable bonds is 5. The third-order valence-corrected chi connectivity index (χ3v) is 2.73. The van der Waals surface area contributed by atoms with Gasteiger partial charge >= 0.3 is 5.97 Å². The number of carbonyl (C=O) groups excluding carboxylic acids is 2. The molecule has 1 aromatic carbocycles. The van der Waals surface area contributed by atoms with Crippen LogP contribution >= 0.6 is 0 Å². The van der Waals surface area contributed by atoms with E-state index < -0.39 is 11.8 Å². The van der Waals surface area contributed by atoms with Crippen LogP contribution in [0.5, 0.6) is 0 Å². The number of Topliss-reactive ketones (excluding diaryl/α,β-unsaturated/α-hetero) is 1. The third-order valence-electron chi connectivity index (χ3n) is 2.73. The molecule has 0 unspecified atom stereocenters. The van der Waals surface area contributed by atoms with Gasteiger partial charge in [0.05, 0.1) is 24.4 Å². The first-order valence-electron chi connectivity index (χ1n) is 6.05. The first kappa shape index (κ1) is 13.1. The summed E-state index contributed by atoms with van der Waals surface area (Å²) < 4.78 is 5.99. The van der Waals surface area contributed by atoms with E-state index in [1.807, 2.05) is 19.1 Å². The van der Waals surface area contributed by atoms with E-state index in [-0.39, 0.29) is 0 Å². The molecule has 2 aromatic rings. The van der Waals surface area contributed by atoms with Crippen molar-refractivity contribution < 1.29 is 19.2 Å². The Morgan fingerprint density at radius 2 is 2.00 bits per heavy atom. The van der Waals surface area contributed by atoms with Crippen LogP contribution in [0.15, 0.2) is 30.5 Å². The summed E-state index contributed by atoms with van der Waals surface area (Å²) in [6, 6.07) is 7.26. The van der Waals surface area contributed by atoms with E-state index in [9.17, 15) is 9.59 Å². The highest BCUT2D eigenvalue weighted by Crippen LogP contribution is 2.21. The number of hydrogen-bond acceptors (Lipinski definition) is 4. The molecule has 5 heteroatoms. The lowest BCUT2D eigenvalue weighted by molar-refractivity contribution is -0.135. The van der Waals surface area contributed by atoms with Crippen LogP contribution in [-0.4, -0.2) is 30.2 Å². The molecule has 0 radical (unpaired) electrons. The number of carbonyl (C=O) groups is 2. The van der Waals surface area contributed by atoms with Crippen molar-refractivity contribution in [2.75, 3.05) is 13.7 Å². The zero-order valence-corrected chi connectivity index (χ0v) is 10.9. The molecule has 0 spiro atoms. The minimum absolute atomic E-state index is 0.290. The molecule has 2 rings (SSSR count). The van der Waals surface area contributed by atoms with E-state index in [0.717, 1.165) is 11.9 Å². The Labute approximate surface area is 110 Å². The number of esters is 1. The average Bonchev–Trinajstić information content (AvgIpc) is 2.82. The van der Waals surface area contributed by atoms with Gasteiger partial charge in [0.15, 0.2) is 0 Å². The minimum Gasteiger partial charge on any atom is -0.463 e. The molecular formula is C14H15NO4. The Kier molecular flexibility index (Phi) is 3.85. The van der Waals surface area contributed by atoms with Gasteiger partial charge in [-0.3, -0.25) is 4.79 Å². The van der Waals surface area contributed by atoms with Crippen LogP contribution in [0.2, 0.25) is 0 Å². The summed E-state index contributed by atoms with van der Waals surface area (Å²) in [5.41, 5.74) is 1.04. The summed E-state index contributed by atoms with van der Waals surface area (Å²) in [7, 11) is 1.19. The molecule has 0 fully saturated rings. The average molecular weight is 261 g/mol. The highest BCUT2D eigenvalue weighted by Gasteiger charge is 2.22. The topological polar surface area (TPSA) is 57.5 Å². The monoisotopic (exact) mass is 261 g/mol. The Balaban J connectivity index is 2.49. The standard InChI is InChI=1S/C14H15NO4/c1-3-8-19-15-9-11(13(16)14(17)18-2)10-6-4-5-7-12(10)15/h4-7,9H,3,8H2,1-2H3. The van der Waals surface area contributed by atoms with Gasteiger partial charge in [-0.15, -0.1) is 0 Å². The molecule has 0 saturated heterocycles. The van der Waals surface area contributed by atoms with Gasteiger partial charge < -0.3 is 9.57 Å². The van der Waals surface area contributed by atoms with Crippen molar-refractivity contribution in [3.8, 4) is 0 Å². The SMILES string of the molecule is CCCOn1cc(C(=O)C(=O)OC)c2ccccc21. The smallest absolute Gasteiger partial charge is 0.379 e. The van der Waals surface area contributed by atoms with Gasteiger partial charge in [-0.25, -0.2) is 4.79 Å². The molecule has 0 aliphatic heterocycles. The molecule has 100 valence electrons. The van der Waals surface area contributed by atoms with Crippen molar-refractivity contribution in [1.29, 1.82) is 0 Å². The van der Waals surface area contributed by atoms with Crippen LogP contribution in [0.1, 0.15) is 23.7 Å². The van der Waals surface area contributed by atoms with E-state index >= 15 is 0 Å². The molecule has 0 atom stereocenters. The van der Waals surface area contributed by atoms with Gasteiger partial charge in [0.2, 0.25) is 0 Å². The van der Waals surface area contributed by atoms with Crippen LogP contribution in [0, 0.1) is 0 Å². The second kappa shape index (κ2) is 5.56. The summed E-state index contributed by atoms with van der Waals surface area (Å²) in [4.78, 5) is 28.8. The molecule has 19 heavy (non-hydrogen) atoms. The fraction of sp³-hybridized carbons (Fsp3) is 0.286. The van der Waals surface area contributed by atoms with Crippen molar-refractivity contribution in [1.82, 2.24) is 4.73 Å². The molecule has 0 amide bonds. The molecule has 0 aliphatic carbocycles. The second-order valence-corrected chi connectivity index (χ2v) is 4.04. The van der Waals surface area contributed by atoms with E-state index in [2.05, 4.69) is 4.74 Å². The largest absolute Gasteiger partial charge is 0.463 e. The van der Waals surface area contributed by atoms with E-state index in [1.165, 1.54) is 18.0 Å². The second-order valence-electron chi connectivity index (χ2n) is 4.04. The van der Waals surface area contributed by atoms with Gasteiger partial charge in [-0.05, 0) is 12.5 Å². The van der Waals surface area contributed by atoms with Crippen molar-refractivity contribution in [3.05, 3.63) is 36.0 Å². The van der Waals surface area contributed by atoms with Crippen LogP contribution < -0.4 is 4.84 Å². The third kappa shape index (κ3) is 2.45. The van der Waals surface area contributed by atoms with Crippen LogP contribution in [-0.2, 0) is 9.53 Å². The normalized spacial score (nSPS) is 10.4. The van der Waals surface area contributed by atoms with Crippen molar-refractivity contribution >= 4 is 22.7 Å². The molecule has 1 aromatic heterocycles. The Morgan fingerprint density at radius 3 is 2.68 bits per heavy atom. The fourth-order valence-electron chi connectivity index (χ4n) is 1.83. The summed E-state index contributed by atoms with van der Waals surface area (Å²) in [5, 5.41) is 0.675. The number of aromatic nitrogens is 1. The molecule has 0 saturated carbocycles. The van der Waals surface area contributed by atoms with Gasteiger partial charge in [0.1, 0.15) is 6.61 Å². The van der Waals surface area contributed by atoms with Crippen molar-refractivity contribution in [2.24, 2.45) is 0 Å². The predicted octanol–water partition coefficient (Wildman–Crippen LogP) is 1.84. The van der Waals surface area contributed by atoms with E-state index in [0.29, 0.717) is 17.6 Å². The van der Waals surface area contributed by atoms with E-state index in [1.54, 1.807) is 12.1 Å². The van der Waals surface area contributed by atoms with Gasteiger partial charge in [0.25, 0.3) is 5.78 Å². The maximum atomic E-state index is 11.9. The number of nitrogens with zero attached hydrogens (tertiary/aromatic N) is 1. The quantitative estimate of drug-likeness (QED) is 0.468. The highest BCUT2D eigenvalue weighted by molar-refractivity contribution is 6.42. The first-order valence-corrected chi connectivity index (χ1v) is 6.05. The summed E-state index contributed by atoms with van der Waals surface area (Å²) in [6.45, 7) is 2.52. The number of ether oxygens (including phenoxy) is 1. The predicted molar refractivity (Wildman–Crippen MR) is 70.0 cm³/mol. The Morgan fingerprint density at radius 1 is 1.26 bits per heavy atom. The number of methoxy groups -OCH3 is 1. The number of ketones is 1. The molecule has 1 heterocycles. The molecule has 0 N–H and O–H groups in total. The maximum absolute atomic E-state index is 11.9. The number of hydrogen-bond donors (Lipinski definition) is 0. The lowest BCUT2D eigenvalue weighted by Crippen LogP contribution is -2.16. The molecular weight excluding hydrogens is 246 g/mol. The maximum Gasteiger partial charge on any atom is 0.379 e. The summed E-state index contributed by atoms with van der Waals surface area (Å²) in [6.07, 6.45) is 2.38. The van der Waals surface area contributed by atoms with Crippen LogP contribution in [0.25, 0.3) is 10.9 Å². The van der Waals surface area contributed by atoms with Crippen molar-refractivity contribution in [3.63, 3.8) is 0 Å². The highest BCUT2D eigenvalue weighted by atomic mass is 16.7. The number of benzene rings is 1. The van der Waals surface area contributed by atoms with Crippen LogP contribution in [0.3, 0.4) is 0 Å². The van der Waals surface area contributed by atoms with Gasteiger partial charge in [0, 0.05) is 5.39 Å². The van der Waals surface area contributed by atoms with Crippen molar-refractivity contribution in [2.45, 2.75) is 13.3 Å². The number of para-hydroxylation sites is 1. The first-order chi connectivity index (χ1) is 9.19. The Hall–Kier alpha value is -2.30. The lowest BCUT2D eigenvalue weighted by atomic mass is 10.1. The van der Waals surface area contributed by atoms with Crippen LogP contribution in [0.4, 0.5) is 0 Å². The minimum atomic E-state index is -0.876. The summed E-state index contributed by atoms with van der Waals surface area (Å²) >= 11 is 0. The fourth-order valence-corrected chi connectivity index (χ4v) is 1.83. The molecule has 0 bridgehead atoms.